The van der Waals surface area contributed by atoms with Crippen LogP contribution in [0.25, 0.3) is 0 Å². The summed E-state index contributed by atoms with van der Waals surface area (Å²) in [5.41, 5.74) is 2.15. The predicted molar refractivity (Wildman–Crippen MR) is 96.7 cm³/mol. The van der Waals surface area contributed by atoms with Crippen LogP contribution in [0.1, 0.15) is 34.1 Å². The van der Waals surface area contributed by atoms with Gasteiger partial charge in [0.15, 0.2) is 0 Å². The number of para-hydroxylation sites is 1. The highest BCUT2D eigenvalue weighted by atomic mass is 19.1. The summed E-state index contributed by atoms with van der Waals surface area (Å²) in [5, 5.41) is 2.65. The van der Waals surface area contributed by atoms with Crippen LogP contribution in [0.3, 0.4) is 0 Å². The summed E-state index contributed by atoms with van der Waals surface area (Å²) in [4.78, 5) is 25.3. The van der Waals surface area contributed by atoms with E-state index in [0.717, 1.165) is 5.69 Å². The molecule has 0 spiro atoms. The number of hydrogen-bond acceptors (Lipinski definition) is 2. The fraction of sp³-hybridized carbons (Fsp3) is 0.143. The molecule has 1 N–H and O–H groups in total. The Morgan fingerprint density at radius 2 is 1.69 bits per heavy atom. The lowest BCUT2D eigenvalue weighted by molar-refractivity contribution is -0.117. The Kier molecular flexibility index (Phi) is 4.13. The summed E-state index contributed by atoms with van der Waals surface area (Å²) in [6.07, 6.45) is 0.589. The van der Waals surface area contributed by atoms with Crippen molar-refractivity contribution < 1.29 is 14.0 Å². The van der Waals surface area contributed by atoms with E-state index in [-0.39, 0.29) is 17.4 Å². The SMILES string of the molecule is O=C(c1ccccc1)c1ccc2n1CC[C@H]2C(=O)Nc1ccccc1F. The molecule has 4 nitrogen and oxygen atoms in total. The van der Waals surface area contributed by atoms with E-state index in [2.05, 4.69) is 5.32 Å². The molecular formula is C21H17FN2O2. The third kappa shape index (κ3) is 2.81. The number of carbonyl (C=O) groups excluding carboxylic acids is 2. The van der Waals surface area contributed by atoms with E-state index in [4.69, 9.17) is 0 Å². The van der Waals surface area contributed by atoms with E-state index in [0.29, 0.717) is 24.2 Å². The highest BCUT2D eigenvalue weighted by Crippen LogP contribution is 2.32. The molecule has 3 aromatic rings. The minimum Gasteiger partial charge on any atom is -0.341 e. The van der Waals surface area contributed by atoms with E-state index in [1.807, 2.05) is 28.8 Å². The van der Waals surface area contributed by atoms with Crippen molar-refractivity contribution in [1.29, 1.82) is 0 Å². The van der Waals surface area contributed by atoms with Crippen LogP contribution in [0, 0.1) is 5.82 Å². The molecule has 0 unspecified atom stereocenters. The van der Waals surface area contributed by atoms with Gasteiger partial charge in [-0.3, -0.25) is 9.59 Å². The Hall–Kier alpha value is -3.21. The van der Waals surface area contributed by atoms with Crippen LogP contribution in [0.5, 0.6) is 0 Å². The number of fused-ring (bicyclic) bond motifs is 1. The second kappa shape index (κ2) is 6.59. The molecule has 0 saturated heterocycles. The molecule has 26 heavy (non-hydrogen) atoms. The van der Waals surface area contributed by atoms with Crippen molar-refractivity contribution in [2.24, 2.45) is 0 Å². The molecule has 2 heterocycles. The van der Waals surface area contributed by atoms with Gasteiger partial charge in [-0.05, 0) is 30.7 Å². The van der Waals surface area contributed by atoms with Crippen molar-refractivity contribution in [2.75, 3.05) is 5.32 Å². The van der Waals surface area contributed by atoms with Gasteiger partial charge in [-0.1, -0.05) is 42.5 Å². The maximum atomic E-state index is 13.8. The van der Waals surface area contributed by atoms with Gasteiger partial charge in [-0.15, -0.1) is 0 Å². The van der Waals surface area contributed by atoms with Gasteiger partial charge in [0.2, 0.25) is 11.7 Å². The second-order valence-corrected chi connectivity index (χ2v) is 6.30. The van der Waals surface area contributed by atoms with Crippen LogP contribution in [0.15, 0.2) is 66.7 Å². The zero-order chi connectivity index (χ0) is 18.1. The number of anilines is 1. The summed E-state index contributed by atoms with van der Waals surface area (Å²) in [6.45, 7) is 0.589. The number of nitrogens with zero attached hydrogens (tertiary/aromatic N) is 1. The van der Waals surface area contributed by atoms with E-state index in [1.54, 1.807) is 30.3 Å². The van der Waals surface area contributed by atoms with E-state index < -0.39 is 11.7 Å². The van der Waals surface area contributed by atoms with E-state index in [9.17, 15) is 14.0 Å². The second-order valence-electron chi connectivity index (χ2n) is 6.30. The Morgan fingerprint density at radius 3 is 2.46 bits per heavy atom. The van der Waals surface area contributed by atoms with Gasteiger partial charge in [0, 0.05) is 17.8 Å². The average Bonchev–Trinajstić information content (AvgIpc) is 3.25. The van der Waals surface area contributed by atoms with Crippen LogP contribution >= 0.6 is 0 Å². The van der Waals surface area contributed by atoms with Crippen LogP contribution < -0.4 is 5.32 Å². The van der Waals surface area contributed by atoms with Crippen molar-refractivity contribution in [1.82, 2.24) is 4.57 Å². The van der Waals surface area contributed by atoms with Crippen molar-refractivity contribution in [3.8, 4) is 0 Å². The summed E-state index contributed by atoms with van der Waals surface area (Å²) in [5.74, 6) is -1.18. The summed E-state index contributed by atoms with van der Waals surface area (Å²) < 4.78 is 15.7. The van der Waals surface area contributed by atoms with Gasteiger partial charge in [0.25, 0.3) is 0 Å². The molecule has 5 heteroatoms. The van der Waals surface area contributed by atoms with Crippen LogP contribution in [0.4, 0.5) is 10.1 Å². The third-order valence-corrected chi connectivity index (χ3v) is 4.73. The maximum absolute atomic E-state index is 13.8. The number of ketones is 1. The molecule has 130 valence electrons. The fourth-order valence-electron chi connectivity index (χ4n) is 3.43. The van der Waals surface area contributed by atoms with Gasteiger partial charge < -0.3 is 9.88 Å². The zero-order valence-electron chi connectivity index (χ0n) is 14.0. The molecule has 2 aromatic carbocycles. The van der Waals surface area contributed by atoms with Gasteiger partial charge in [0.1, 0.15) is 5.82 Å². The largest absolute Gasteiger partial charge is 0.341 e. The van der Waals surface area contributed by atoms with E-state index >= 15 is 0 Å². The number of halogens is 1. The Labute approximate surface area is 150 Å². The molecule has 1 aliphatic heterocycles. The zero-order valence-corrected chi connectivity index (χ0v) is 14.0. The van der Waals surface area contributed by atoms with Crippen molar-refractivity contribution in [3.63, 3.8) is 0 Å². The van der Waals surface area contributed by atoms with E-state index in [1.165, 1.54) is 12.1 Å². The van der Waals surface area contributed by atoms with Gasteiger partial charge in [-0.2, -0.15) is 0 Å². The standard InChI is InChI=1S/C21H17FN2O2/c22-16-8-4-5-9-17(16)23-21(26)15-12-13-24-18(15)10-11-19(24)20(25)14-6-2-1-3-7-14/h1-11,15H,12-13H2,(H,23,26)/t15-/m1/s1. The number of carbonyl (C=O) groups is 2. The molecule has 0 radical (unpaired) electrons. The quantitative estimate of drug-likeness (QED) is 0.725. The predicted octanol–water partition coefficient (Wildman–Crippen LogP) is 3.98. The smallest absolute Gasteiger partial charge is 0.233 e. The average molecular weight is 348 g/mol. The lowest BCUT2D eigenvalue weighted by Crippen LogP contribution is -2.20. The van der Waals surface area contributed by atoms with Crippen LogP contribution in [-0.2, 0) is 11.3 Å². The third-order valence-electron chi connectivity index (χ3n) is 4.73. The molecule has 0 saturated carbocycles. The Balaban J connectivity index is 1.58. The lowest BCUT2D eigenvalue weighted by Gasteiger charge is -2.11. The molecule has 0 bridgehead atoms. The maximum Gasteiger partial charge on any atom is 0.233 e. The first kappa shape index (κ1) is 16.3. The highest BCUT2D eigenvalue weighted by Gasteiger charge is 2.32. The van der Waals surface area contributed by atoms with Crippen LogP contribution in [-0.4, -0.2) is 16.3 Å². The number of aromatic nitrogens is 1. The molecule has 1 aromatic heterocycles. The van der Waals surface area contributed by atoms with Crippen molar-refractivity contribution in [3.05, 3.63) is 89.5 Å². The summed E-state index contributed by atoms with van der Waals surface area (Å²) in [7, 11) is 0. The number of hydrogen-bond donors (Lipinski definition) is 1. The fourth-order valence-corrected chi connectivity index (χ4v) is 3.43. The van der Waals surface area contributed by atoms with Crippen molar-refractivity contribution in [2.45, 2.75) is 18.9 Å². The monoisotopic (exact) mass is 348 g/mol. The highest BCUT2D eigenvalue weighted by molar-refractivity contribution is 6.08. The summed E-state index contributed by atoms with van der Waals surface area (Å²) in [6, 6.07) is 18.7. The summed E-state index contributed by atoms with van der Waals surface area (Å²) >= 11 is 0. The van der Waals surface area contributed by atoms with Crippen molar-refractivity contribution >= 4 is 17.4 Å². The number of nitrogens with one attached hydrogen (secondary N) is 1. The number of amides is 1. The molecule has 0 fully saturated rings. The molecule has 1 aliphatic rings. The lowest BCUT2D eigenvalue weighted by atomic mass is 10.0. The topological polar surface area (TPSA) is 51.1 Å². The first-order chi connectivity index (χ1) is 12.6. The van der Waals surface area contributed by atoms with Gasteiger partial charge in [-0.25, -0.2) is 4.39 Å². The molecular weight excluding hydrogens is 331 g/mol. The number of rotatable bonds is 4. The van der Waals surface area contributed by atoms with Crippen LogP contribution in [0.2, 0.25) is 0 Å². The minimum absolute atomic E-state index is 0.0630. The van der Waals surface area contributed by atoms with Gasteiger partial charge >= 0.3 is 0 Å². The minimum atomic E-state index is -0.464. The molecule has 0 aliphatic carbocycles. The molecule has 1 atom stereocenters. The molecule has 4 rings (SSSR count). The normalized spacial score (nSPS) is 15.5. The Bertz CT molecular complexity index is 979. The van der Waals surface area contributed by atoms with Gasteiger partial charge in [0.05, 0.1) is 17.3 Å². The first-order valence-electron chi connectivity index (χ1n) is 8.49. The Morgan fingerprint density at radius 1 is 0.962 bits per heavy atom. The molecule has 1 amide bonds. The first-order valence-corrected chi connectivity index (χ1v) is 8.49. The number of benzene rings is 2.